The number of nitro groups is 1. The molecule has 1 aromatic rings. The van der Waals surface area contributed by atoms with Gasteiger partial charge in [0, 0.05) is 19.0 Å². The van der Waals surface area contributed by atoms with Crippen molar-refractivity contribution in [3.63, 3.8) is 0 Å². The van der Waals surface area contributed by atoms with Gasteiger partial charge in [0.05, 0.1) is 7.05 Å². The Morgan fingerprint density at radius 2 is 2.15 bits per heavy atom. The Bertz CT molecular complexity index is 523. The van der Waals surface area contributed by atoms with E-state index < -0.39 is 16.8 Å². The Morgan fingerprint density at radius 1 is 1.50 bits per heavy atom. The van der Waals surface area contributed by atoms with E-state index in [0.717, 1.165) is 0 Å². The summed E-state index contributed by atoms with van der Waals surface area (Å²) in [5.41, 5.74) is 0.196. The van der Waals surface area contributed by atoms with E-state index in [1.165, 1.54) is 23.7 Å². The summed E-state index contributed by atoms with van der Waals surface area (Å²) >= 11 is 0. The van der Waals surface area contributed by atoms with Crippen LogP contribution in [0.15, 0.2) is 12.1 Å². The SMILES string of the molecule is CC(CCC(=O)O)CNC(=O)c1ccc([N+](=O)[O-])n1C. The molecule has 8 heteroatoms. The Balaban J connectivity index is 2.55. The molecule has 1 unspecified atom stereocenters. The van der Waals surface area contributed by atoms with E-state index in [2.05, 4.69) is 5.32 Å². The molecule has 1 atom stereocenters. The number of aromatic nitrogens is 1. The highest BCUT2D eigenvalue weighted by Gasteiger charge is 2.20. The molecule has 0 aliphatic carbocycles. The fourth-order valence-corrected chi connectivity index (χ4v) is 1.74. The molecular weight excluding hydrogens is 266 g/mol. The van der Waals surface area contributed by atoms with Gasteiger partial charge in [-0.3, -0.25) is 9.59 Å². The van der Waals surface area contributed by atoms with Gasteiger partial charge in [-0.2, -0.15) is 0 Å². The minimum atomic E-state index is -0.874. The van der Waals surface area contributed by atoms with Crippen molar-refractivity contribution in [1.82, 2.24) is 9.88 Å². The smallest absolute Gasteiger partial charge is 0.323 e. The van der Waals surface area contributed by atoms with Crippen molar-refractivity contribution in [2.45, 2.75) is 19.8 Å². The van der Waals surface area contributed by atoms with Crippen molar-refractivity contribution < 1.29 is 19.6 Å². The Hall–Kier alpha value is -2.38. The molecular formula is C12H17N3O5. The minimum absolute atomic E-state index is 0.0188. The fraction of sp³-hybridized carbons (Fsp3) is 0.500. The van der Waals surface area contributed by atoms with Crippen LogP contribution in [0.4, 0.5) is 5.82 Å². The fourth-order valence-electron chi connectivity index (χ4n) is 1.74. The first-order chi connectivity index (χ1) is 9.32. The highest BCUT2D eigenvalue weighted by atomic mass is 16.6. The van der Waals surface area contributed by atoms with Crippen molar-refractivity contribution in [3.8, 4) is 0 Å². The molecule has 0 bridgehead atoms. The average Bonchev–Trinajstić information content (AvgIpc) is 2.75. The lowest BCUT2D eigenvalue weighted by molar-refractivity contribution is -0.391. The summed E-state index contributed by atoms with van der Waals surface area (Å²) in [5.74, 6) is -1.43. The van der Waals surface area contributed by atoms with Crippen LogP contribution in [-0.4, -0.2) is 33.0 Å². The maximum Gasteiger partial charge on any atom is 0.323 e. The Morgan fingerprint density at radius 3 is 2.65 bits per heavy atom. The topological polar surface area (TPSA) is 114 Å². The lowest BCUT2D eigenvalue weighted by atomic mass is 10.1. The molecule has 20 heavy (non-hydrogen) atoms. The van der Waals surface area contributed by atoms with Gasteiger partial charge in [-0.05, 0) is 23.3 Å². The molecule has 8 nitrogen and oxygen atoms in total. The van der Waals surface area contributed by atoms with Gasteiger partial charge >= 0.3 is 11.8 Å². The first kappa shape index (κ1) is 15.7. The van der Waals surface area contributed by atoms with E-state index in [1.807, 2.05) is 6.92 Å². The van der Waals surface area contributed by atoms with E-state index in [-0.39, 0.29) is 23.9 Å². The molecule has 0 spiro atoms. The molecule has 0 aromatic carbocycles. The number of hydrogen-bond acceptors (Lipinski definition) is 4. The monoisotopic (exact) mass is 283 g/mol. The second-order valence-electron chi connectivity index (χ2n) is 4.64. The van der Waals surface area contributed by atoms with Crippen molar-refractivity contribution in [1.29, 1.82) is 0 Å². The van der Waals surface area contributed by atoms with Crippen LogP contribution in [0.3, 0.4) is 0 Å². The number of nitrogens with zero attached hydrogens (tertiary/aromatic N) is 2. The molecule has 0 aliphatic heterocycles. The molecule has 2 N–H and O–H groups in total. The Kier molecular flexibility index (Phi) is 5.24. The zero-order valence-electron chi connectivity index (χ0n) is 11.3. The molecule has 0 fully saturated rings. The summed E-state index contributed by atoms with van der Waals surface area (Å²) in [5, 5.41) is 21.9. The van der Waals surface area contributed by atoms with Crippen LogP contribution >= 0.6 is 0 Å². The largest absolute Gasteiger partial charge is 0.481 e. The number of rotatable bonds is 7. The first-order valence-corrected chi connectivity index (χ1v) is 6.13. The van der Waals surface area contributed by atoms with Gasteiger partial charge in [0.1, 0.15) is 0 Å². The van der Waals surface area contributed by atoms with Crippen LogP contribution < -0.4 is 5.32 Å². The van der Waals surface area contributed by atoms with Crippen LogP contribution in [0.2, 0.25) is 0 Å². The van der Waals surface area contributed by atoms with Crippen molar-refractivity contribution >= 4 is 17.7 Å². The summed E-state index contributed by atoms with van der Waals surface area (Å²) in [6, 6.07) is 2.65. The van der Waals surface area contributed by atoms with Gasteiger partial charge < -0.3 is 20.5 Å². The normalized spacial score (nSPS) is 11.9. The number of carboxylic acids is 1. The standard InChI is InChI=1S/C12H17N3O5/c1-8(3-6-11(16)17)7-13-12(18)9-4-5-10(14(9)2)15(19)20/h4-5,8H,3,6-7H2,1-2H3,(H,13,18)(H,16,17). The number of aliphatic carboxylic acids is 1. The molecule has 1 amide bonds. The Labute approximate surface area is 115 Å². The maximum absolute atomic E-state index is 11.9. The van der Waals surface area contributed by atoms with Gasteiger partial charge in [-0.15, -0.1) is 0 Å². The third kappa shape index (κ3) is 4.08. The zero-order valence-corrected chi connectivity index (χ0v) is 11.3. The van der Waals surface area contributed by atoms with Crippen LogP contribution in [-0.2, 0) is 11.8 Å². The molecule has 1 heterocycles. The maximum atomic E-state index is 11.9. The second-order valence-corrected chi connectivity index (χ2v) is 4.64. The number of carboxylic acid groups (broad SMARTS) is 1. The van der Waals surface area contributed by atoms with E-state index in [0.29, 0.717) is 13.0 Å². The molecule has 110 valence electrons. The summed E-state index contributed by atoms with van der Waals surface area (Å²) in [6.45, 7) is 2.15. The van der Waals surface area contributed by atoms with Crippen molar-refractivity contribution in [2.75, 3.05) is 6.54 Å². The number of hydrogen-bond donors (Lipinski definition) is 2. The highest BCUT2D eigenvalue weighted by Crippen LogP contribution is 2.15. The van der Waals surface area contributed by atoms with Crippen LogP contribution in [0.1, 0.15) is 30.3 Å². The van der Waals surface area contributed by atoms with E-state index in [4.69, 9.17) is 5.11 Å². The molecule has 0 aliphatic rings. The number of carbonyl (C=O) groups excluding carboxylic acids is 1. The number of nitrogens with one attached hydrogen (secondary N) is 1. The van der Waals surface area contributed by atoms with E-state index in [1.54, 1.807) is 0 Å². The third-order valence-electron chi connectivity index (χ3n) is 2.98. The molecule has 1 aromatic heterocycles. The lowest BCUT2D eigenvalue weighted by Gasteiger charge is -2.10. The summed E-state index contributed by atoms with van der Waals surface area (Å²) in [7, 11) is 1.45. The summed E-state index contributed by atoms with van der Waals surface area (Å²) < 4.78 is 1.21. The van der Waals surface area contributed by atoms with Gasteiger partial charge in [0.15, 0.2) is 5.69 Å². The third-order valence-corrected chi connectivity index (χ3v) is 2.98. The van der Waals surface area contributed by atoms with E-state index >= 15 is 0 Å². The highest BCUT2D eigenvalue weighted by molar-refractivity contribution is 5.93. The summed E-state index contributed by atoms with van der Waals surface area (Å²) in [6.07, 6.45) is 0.509. The van der Waals surface area contributed by atoms with Crippen molar-refractivity contribution in [3.05, 3.63) is 27.9 Å². The number of carbonyl (C=O) groups is 2. The molecule has 1 rings (SSSR count). The van der Waals surface area contributed by atoms with Crippen LogP contribution in [0, 0.1) is 16.0 Å². The predicted octanol–water partition coefficient (Wildman–Crippen LogP) is 1.16. The van der Waals surface area contributed by atoms with Crippen LogP contribution in [0.5, 0.6) is 0 Å². The lowest BCUT2D eigenvalue weighted by Crippen LogP contribution is -2.30. The van der Waals surface area contributed by atoms with Gasteiger partial charge in [0.25, 0.3) is 5.91 Å². The molecule has 0 radical (unpaired) electrons. The zero-order chi connectivity index (χ0) is 15.3. The quantitative estimate of drug-likeness (QED) is 0.575. The van der Waals surface area contributed by atoms with E-state index in [9.17, 15) is 19.7 Å². The average molecular weight is 283 g/mol. The van der Waals surface area contributed by atoms with Crippen molar-refractivity contribution in [2.24, 2.45) is 13.0 Å². The molecule has 0 saturated heterocycles. The summed E-state index contributed by atoms with van der Waals surface area (Å²) in [4.78, 5) is 32.4. The first-order valence-electron chi connectivity index (χ1n) is 6.13. The minimum Gasteiger partial charge on any atom is -0.481 e. The predicted molar refractivity (Wildman–Crippen MR) is 70.4 cm³/mol. The van der Waals surface area contributed by atoms with Crippen LogP contribution in [0.25, 0.3) is 0 Å². The van der Waals surface area contributed by atoms with Gasteiger partial charge in [0.2, 0.25) is 0 Å². The molecule has 0 saturated carbocycles. The number of amides is 1. The van der Waals surface area contributed by atoms with Gasteiger partial charge in [-0.1, -0.05) is 6.92 Å². The van der Waals surface area contributed by atoms with Gasteiger partial charge in [-0.25, -0.2) is 4.57 Å². The second kappa shape index (κ2) is 6.69.